The number of piperidine rings is 1. The Morgan fingerprint density at radius 3 is 2.62 bits per heavy atom. The lowest BCUT2D eigenvalue weighted by atomic mass is 9.91. The van der Waals surface area contributed by atoms with Crippen molar-refractivity contribution in [2.24, 2.45) is 5.73 Å². The lowest BCUT2D eigenvalue weighted by Crippen LogP contribution is -2.57. The number of hydrogen-bond acceptors (Lipinski definition) is 4. The van der Waals surface area contributed by atoms with Crippen molar-refractivity contribution in [2.75, 3.05) is 11.9 Å². The Morgan fingerprint density at radius 1 is 1.27 bits per heavy atom. The zero-order valence-electron chi connectivity index (χ0n) is 14.3. The number of primary amides is 1. The van der Waals surface area contributed by atoms with Gasteiger partial charge in [0.25, 0.3) is 5.91 Å². The Labute approximate surface area is 155 Å². The molecule has 2 heterocycles. The molecule has 2 aromatic rings. The number of hydrogen-bond donors (Lipinski definition) is 4. The van der Waals surface area contributed by atoms with E-state index in [1.165, 1.54) is 11.3 Å². The maximum Gasteiger partial charge on any atom is 0.317 e. The average Bonchev–Trinajstić information content (AvgIpc) is 3.02. The van der Waals surface area contributed by atoms with E-state index < -0.39 is 11.6 Å². The van der Waals surface area contributed by atoms with Gasteiger partial charge in [-0.2, -0.15) is 0 Å². The quantitative estimate of drug-likeness (QED) is 0.660. The molecular formula is C18H20N4O3S. The van der Waals surface area contributed by atoms with Crippen LogP contribution < -0.4 is 21.7 Å². The highest BCUT2D eigenvalue weighted by molar-refractivity contribution is 7.20. The molecule has 3 rings (SSSR count). The monoisotopic (exact) mass is 372 g/mol. The number of benzene rings is 1. The number of urea groups is 1. The van der Waals surface area contributed by atoms with Crippen LogP contribution in [-0.2, 0) is 4.79 Å². The summed E-state index contributed by atoms with van der Waals surface area (Å²) >= 11 is 1.29. The van der Waals surface area contributed by atoms with E-state index in [0.29, 0.717) is 30.0 Å². The predicted molar refractivity (Wildman–Crippen MR) is 101 cm³/mol. The zero-order chi connectivity index (χ0) is 18.7. The highest BCUT2D eigenvalue weighted by atomic mass is 32.1. The van der Waals surface area contributed by atoms with Crippen LogP contribution >= 0.6 is 11.3 Å². The first-order valence-electron chi connectivity index (χ1n) is 8.21. The molecule has 7 nitrogen and oxygen atoms in total. The van der Waals surface area contributed by atoms with Crippen molar-refractivity contribution in [3.05, 3.63) is 42.0 Å². The van der Waals surface area contributed by atoms with Gasteiger partial charge in [0.1, 0.15) is 5.00 Å². The molecule has 4 amide bonds. The van der Waals surface area contributed by atoms with Crippen molar-refractivity contribution in [1.82, 2.24) is 10.6 Å². The topological polar surface area (TPSA) is 113 Å². The zero-order valence-corrected chi connectivity index (χ0v) is 15.1. The lowest BCUT2D eigenvalue weighted by Gasteiger charge is -2.34. The molecular weight excluding hydrogens is 352 g/mol. The molecule has 1 saturated heterocycles. The normalized spacial score (nSPS) is 19.5. The molecule has 1 aliphatic rings. The van der Waals surface area contributed by atoms with E-state index in [0.717, 1.165) is 10.4 Å². The van der Waals surface area contributed by atoms with Crippen LogP contribution in [0, 0.1) is 0 Å². The van der Waals surface area contributed by atoms with Crippen molar-refractivity contribution in [2.45, 2.75) is 25.3 Å². The van der Waals surface area contributed by atoms with Crippen LogP contribution in [0.2, 0.25) is 0 Å². The smallest absolute Gasteiger partial charge is 0.317 e. The van der Waals surface area contributed by atoms with Crippen molar-refractivity contribution >= 4 is 34.2 Å². The van der Waals surface area contributed by atoms with Crippen LogP contribution in [0.3, 0.4) is 0 Å². The Kier molecular flexibility index (Phi) is 4.94. The summed E-state index contributed by atoms with van der Waals surface area (Å²) in [5.41, 5.74) is 6.00. The molecule has 1 aromatic carbocycles. The highest BCUT2D eigenvalue weighted by Gasteiger charge is 2.32. The first kappa shape index (κ1) is 17.9. The molecule has 1 aliphatic heterocycles. The molecule has 0 saturated carbocycles. The molecule has 1 atom stereocenters. The number of amides is 4. The molecule has 1 aromatic heterocycles. The third-order valence-electron chi connectivity index (χ3n) is 4.27. The third kappa shape index (κ3) is 4.02. The molecule has 0 aliphatic carbocycles. The predicted octanol–water partition coefficient (Wildman–Crippen LogP) is 2.30. The molecule has 1 fully saturated rings. The van der Waals surface area contributed by atoms with E-state index in [1.807, 2.05) is 37.3 Å². The Balaban J connectivity index is 1.87. The molecule has 136 valence electrons. The largest absolute Gasteiger partial charge is 0.354 e. The summed E-state index contributed by atoms with van der Waals surface area (Å²) in [4.78, 5) is 36.4. The second-order valence-electron chi connectivity index (χ2n) is 6.50. The maximum atomic E-state index is 12.8. The van der Waals surface area contributed by atoms with Gasteiger partial charge in [0.15, 0.2) is 0 Å². The van der Waals surface area contributed by atoms with Gasteiger partial charge >= 0.3 is 6.03 Å². The fourth-order valence-electron chi connectivity index (χ4n) is 2.82. The van der Waals surface area contributed by atoms with Crippen molar-refractivity contribution in [1.29, 1.82) is 0 Å². The van der Waals surface area contributed by atoms with Crippen molar-refractivity contribution in [3.63, 3.8) is 0 Å². The van der Waals surface area contributed by atoms with E-state index in [1.54, 1.807) is 6.07 Å². The van der Waals surface area contributed by atoms with Gasteiger partial charge < -0.3 is 16.4 Å². The van der Waals surface area contributed by atoms with Crippen LogP contribution in [0.15, 0.2) is 36.4 Å². The minimum Gasteiger partial charge on any atom is -0.354 e. The highest BCUT2D eigenvalue weighted by Crippen LogP contribution is 2.35. The fraction of sp³-hybridized carbons (Fsp3) is 0.278. The van der Waals surface area contributed by atoms with E-state index in [9.17, 15) is 14.4 Å². The number of carbonyl (C=O) groups is 3. The van der Waals surface area contributed by atoms with Gasteiger partial charge in [-0.3, -0.25) is 14.9 Å². The number of thiophene rings is 1. The summed E-state index contributed by atoms with van der Waals surface area (Å²) < 4.78 is 0. The van der Waals surface area contributed by atoms with Crippen LogP contribution in [0.5, 0.6) is 0 Å². The number of carbonyl (C=O) groups excluding carboxylic acids is 3. The minimum absolute atomic E-state index is 0.0188. The Hall–Kier alpha value is -2.87. The van der Waals surface area contributed by atoms with E-state index >= 15 is 0 Å². The first-order chi connectivity index (χ1) is 12.4. The number of nitrogens with two attached hydrogens (primary N) is 1. The molecule has 26 heavy (non-hydrogen) atoms. The van der Waals surface area contributed by atoms with Gasteiger partial charge in [0.05, 0.1) is 11.1 Å². The van der Waals surface area contributed by atoms with E-state index in [4.69, 9.17) is 5.73 Å². The second kappa shape index (κ2) is 7.17. The van der Waals surface area contributed by atoms with E-state index in [-0.39, 0.29) is 11.8 Å². The first-order valence-corrected chi connectivity index (χ1v) is 9.03. The maximum absolute atomic E-state index is 12.8. The minimum atomic E-state index is -0.725. The lowest BCUT2D eigenvalue weighted by molar-refractivity contribution is -0.123. The van der Waals surface area contributed by atoms with Gasteiger partial charge in [-0.05, 0) is 25.0 Å². The summed E-state index contributed by atoms with van der Waals surface area (Å²) in [5, 5.41) is 8.67. The standard InChI is InChI=1S/C18H20N4O3S/c1-18(8-7-14(23)20-10-18)22-15(24)12-9-13(11-5-3-2-4-6-11)26-16(12)21-17(19)25/h2-6,9H,7-8,10H2,1H3,(H,20,23)(H,22,24)(H3,19,21,25). The Morgan fingerprint density at radius 2 is 2.00 bits per heavy atom. The van der Waals surface area contributed by atoms with Crippen molar-refractivity contribution in [3.8, 4) is 10.4 Å². The fourth-order valence-corrected chi connectivity index (χ4v) is 3.88. The second-order valence-corrected chi connectivity index (χ2v) is 7.55. The molecule has 8 heteroatoms. The number of anilines is 1. The summed E-state index contributed by atoms with van der Waals surface area (Å²) in [6.45, 7) is 2.25. The van der Waals surface area contributed by atoms with Gasteiger partial charge in [-0.25, -0.2) is 4.79 Å². The summed E-state index contributed by atoms with van der Waals surface area (Å²) in [7, 11) is 0. The van der Waals surface area contributed by atoms with E-state index in [2.05, 4.69) is 16.0 Å². The van der Waals surface area contributed by atoms with Gasteiger partial charge in [0.2, 0.25) is 5.91 Å². The van der Waals surface area contributed by atoms with Gasteiger partial charge in [-0.1, -0.05) is 30.3 Å². The summed E-state index contributed by atoms with van der Waals surface area (Å²) in [6.07, 6.45) is 0.918. The molecule has 1 unspecified atom stereocenters. The average molecular weight is 372 g/mol. The SMILES string of the molecule is CC1(NC(=O)c2cc(-c3ccccc3)sc2NC(N)=O)CCC(=O)NC1. The molecule has 0 bridgehead atoms. The van der Waals surface area contributed by atoms with Crippen LogP contribution in [0.25, 0.3) is 10.4 Å². The molecule has 5 N–H and O–H groups in total. The summed E-state index contributed by atoms with van der Waals surface area (Å²) in [5.74, 6) is -0.333. The summed E-state index contributed by atoms with van der Waals surface area (Å²) in [6, 6.07) is 10.6. The van der Waals surface area contributed by atoms with Crippen LogP contribution in [0.1, 0.15) is 30.1 Å². The molecule has 0 radical (unpaired) electrons. The van der Waals surface area contributed by atoms with Gasteiger partial charge in [0, 0.05) is 17.8 Å². The van der Waals surface area contributed by atoms with Gasteiger partial charge in [-0.15, -0.1) is 11.3 Å². The van der Waals surface area contributed by atoms with Crippen LogP contribution in [0.4, 0.5) is 9.80 Å². The Bertz CT molecular complexity index is 837. The molecule has 0 spiro atoms. The van der Waals surface area contributed by atoms with Crippen LogP contribution in [-0.4, -0.2) is 29.9 Å². The number of rotatable bonds is 4. The third-order valence-corrected chi connectivity index (χ3v) is 5.37. The van der Waals surface area contributed by atoms with Crippen molar-refractivity contribution < 1.29 is 14.4 Å². The number of nitrogens with one attached hydrogen (secondary N) is 3.